The fourth-order valence-electron chi connectivity index (χ4n) is 1.88. The third-order valence-corrected chi connectivity index (χ3v) is 2.91. The van der Waals surface area contributed by atoms with E-state index in [4.69, 9.17) is 19.3 Å². The maximum absolute atomic E-state index is 11.8. The summed E-state index contributed by atoms with van der Waals surface area (Å²) < 4.78 is 15.0. The van der Waals surface area contributed by atoms with E-state index in [1.54, 1.807) is 6.07 Å². The molecule has 2 N–H and O–H groups in total. The first-order chi connectivity index (χ1) is 10.5. The van der Waals surface area contributed by atoms with Gasteiger partial charge in [0, 0.05) is 11.5 Å². The van der Waals surface area contributed by atoms with Crippen molar-refractivity contribution < 1.29 is 23.2 Å². The maximum atomic E-state index is 11.8. The lowest BCUT2D eigenvalue weighted by atomic mass is 10.2. The molecule has 0 bridgehead atoms. The minimum atomic E-state index is -0.871. The van der Waals surface area contributed by atoms with Crippen LogP contribution in [0.1, 0.15) is 20.9 Å². The quantitative estimate of drug-likeness (QED) is 0.447. The molecule has 0 atom stereocenters. The summed E-state index contributed by atoms with van der Waals surface area (Å²) in [6.45, 7) is 0. The normalized spacial score (nSPS) is 10.5. The predicted molar refractivity (Wildman–Crippen MR) is 74.7 cm³/mol. The molecule has 3 rings (SSSR count). The van der Waals surface area contributed by atoms with E-state index in [1.165, 1.54) is 36.6 Å². The van der Waals surface area contributed by atoms with Gasteiger partial charge >= 0.3 is 11.6 Å². The number of hydrogen-bond acceptors (Lipinski definition) is 6. The van der Waals surface area contributed by atoms with Gasteiger partial charge in [0.15, 0.2) is 0 Å². The minimum absolute atomic E-state index is 0.0469. The number of benzene rings is 1. The zero-order valence-electron chi connectivity index (χ0n) is 11.1. The number of primary amides is 1. The van der Waals surface area contributed by atoms with Crippen molar-refractivity contribution in [1.29, 1.82) is 0 Å². The number of nitrogens with two attached hydrogens (primary N) is 1. The fraction of sp³-hybridized carbons (Fsp3) is 0. The van der Waals surface area contributed by atoms with E-state index in [9.17, 15) is 14.4 Å². The zero-order chi connectivity index (χ0) is 15.7. The van der Waals surface area contributed by atoms with Crippen molar-refractivity contribution >= 4 is 22.8 Å². The Morgan fingerprint density at radius 3 is 2.64 bits per heavy atom. The van der Waals surface area contributed by atoms with Crippen LogP contribution in [0.3, 0.4) is 0 Å². The van der Waals surface area contributed by atoms with Gasteiger partial charge in [0.2, 0.25) is 5.76 Å². The topological polar surface area (TPSA) is 113 Å². The molecule has 22 heavy (non-hydrogen) atoms. The number of fused-ring (bicyclic) bond motifs is 1. The number of hydrogen-bond donors (Lipinski definition) is 1. The Morgan fingerprint density at radius 2 is 1.95 bits per heavy atom. The second-order valence-corrected chi connectivity index (χ2v) is 4.38. The summed E-state index contributed by atoms with van der Waals surface area (Å²) in [5.74, 6) is -1.33. The van der Waals surface area contributed by atoms with Gasteiger partial charge in [-0.1, -0.05) is 0 Å². The van der Waals surface area contributed by atoms with E-state index in [-0.39, 0.29) is 22.7 Å². The van der Waals surface area contributed by atoms with Crippen LogP contribution in [0.15, 0.2) is 56.3 Å². The highest BCUT2D eigenvalue weighted by Gasteiger charge is 2.14. The van der Waals surface area contributed by atoms with Crippen LogP contribution in [0.4, 0.5) is 0 Å². The van der Waals surface area contributed by atoms with E-state index in [0.29, 0.717) is 5.39 Å². The largest absolute Gasteiger partial charge is 0.457 e. The molecule has 3 aromatic rings. The lowest BCUT2D eigenvalue weighted by molar-refractivity contribution is 0.0701. The molecule has 0 radical (unpaired) electrons. The van der Waals surface area contributed by atoms with Gasteiger partial charge in [-0.25, -0.2) is 9.59 Å². The second kappa shape index (κ2) is 5.21. The molecule has 7 nitrogen and oxygen atoms in total. The molecular formula is C15H9NO6. The molecule has 2 aromatic heterocycles. The Labute approximate surface area is 122 Å². The van der Waals surface area contributed by atoms with E-state index in [1.807, 2.05) is 0 Å². The molecular weight excluding hydrogens is 290 g/mol. The average molecular weight is 299 g/mol. The maximum Gasteiger partial charge on any atom is 0.379 e. The Morgan fingerprint density at radius 1 is 1.14 bits per heavy atom. The highest BCUT2D eigenvalue weighted by Crippen LogP contribution is 2.21. The van der Waals surface area contributed by atoms with Crippen LogP contribution in [0.5, 0.6) is 5.75 Å². The van der Waals surface area contributed by atoms with Gasteiger partial charge in [-0.2, -0.15) is 0 Å². The number of esters is 1. The molecule has 7 heteroatoms. The van der Waals surface area contributed by atoms with E-state index in [0.717, 1.165) is 0 Å². The fourth-order valence-corrected chi connectivity index (χ4v) is 1.88. The van der Waals surface area contributed by atoms with Crippen LogP contribution in [-0.4, -0.2) is 11.9 Å². The third-order valence-electron chi connectivity index (χ3n) is 2.91. The number of carbonyl (C=O) groups is 2. The second-order valence-electron chi connectivity index (χ2n) is 4.38. The van der Waals surface area contributed by atoms with Crippen molar-refractivity contribution in [2.45, 2.75) is 0 Å². The number of carbonyl (C=O) groups excluding carboxylic acids is 2. The smallest absolute Gasteiger partial charge is 0.379 e. The first-order valence-corrected chi connectivity index (χ1v) is 6.18. The van der Waals surface area contributed by atoms with Crippen molar-refractivity contribution in [3.63, 3.8) is 0 Å². The van der Waals surface area contributed by atoms with Gasteiger partial charge in [-0.05, 0) is 30.3 Å². The van der Waals surface area contributed by atoms with Crippen LogP contribution < -0.4 is 16.1 Å². The summed E-state index contributed by atoms with van der Waals surface area (Å²) in [7, 11) is 0. The average Bonchev–Trinajstić information content (AvgIpc) is 3.00. The Kier molecular flexibility index (Phi) is 3.23. The third kappa shape index (κ3) is 2.47. The summed E-state index contributed by atoms with van der Waals surface area (Å²) >= 11 is 0. The van der Waals surface area contributed by atoms with Gasteiger partial charge in [-0.3, -0.25) is 4.79 Å². The molecule has 0 spiro atoms. The summed E-state index contributed by atoms with van der Waals surface area (Å²) in [5, 5.41) is 0.478. The van der Waals surface area contributed by atoms with Crippen LogP contribution in [-0.2, 0) is 0 Å². The Bertz CT molecular complexity index is 923. The number of amides is 1. The van der Waals surface area contributed by atoms with Crippen molar-refractivity contribution in [1.82, 2.24) is 0 Å². The molecule has 0 unspecified atom stereocenters. The number of ether oxygens (including phenoxy) is 1. The molecule has 0 saturated heterocycles. The van der Waals surface area contributed by atoms with Crippen molar-refractivity contribution in [2.75, 3.05) is 0 Å². The number of furan rings is 1. The lowest BCUT2D eigenvalue weighted by Gasteiger charge is -2.04. The van der Waals surface area contributed by atoms with Crippen molar-refractivity contribution in [2.24, 2.45) is 5.73 Å². The van der Waals surface area contributed by atoms with Crippen molar-refractivity contribution in [3.8, 4) is 5.75 Å². The first-order valence-electron chi connectivity index (χ1n) is 6.18. The lowest BCUT2D eigenvalue weighted by Crippen LogP contribution is -2.20. The SMILES string of the molecule is NC(=O)c1cc2ccc(OC(=O)c3ccco3)cc2oc1=O. The van der Waals surface area contributed by atoms with Crippen LogP contribution in [0.2, 0.25) is 0 Å². The van der Waals surface area contributed by atoms with Gasteiger partial charge in [0.1, 0.15) is 16.9 Å². The predicted octanol–water partition coefficient (Wildman–Crippen LogP) is 1.70. The summed E-state index contributed by atoms with van der Waals surface area (Å²) in [4.78, 5) is 34.4. The van der Waals surface area contributed by atoms with Crippen LogP contribution in [0.25, 0.3) is 11.0 Å². The molecule has 1 amide bonds. The van der Waals surface area contributed by atoms with Crippen LogP contribution in [0, 0.1) is 0 Å². The molecule has 2 heterocycles. The van der Waals surface area contributed by atoms with Gasteiger partial charge in [0.05, 0.1) is 6.26 Å². The molecule has 1 aromatic carbocycles. The van der Waals surface area contributed by atoms with E-state index < -0.39 is 17.5 Å². The highest BCUT2D eigenvalue weighted by atomic mass is 16.5. The van der Waals surface area contributed by atoms with E-state index in [2.05, 4.69) is 0 Å². The highest BCUT2D eigenvalue weighted by molar-refractivity contribution is 5.95. The van der Waals surface area contributed by atoms with Crippen molar-refractivity contribution in [3.05, 3.63) is 64.4 Å². The van der Waals surface area contributed by atoms with Gasteiger partial charge in [-0.15, -0.1) is 0 Å². The Balaban J connectivity index is 1.96. The van der Waals surface area contributed by atoms with E-state index >= 15 is 0 Å². The first kappa shape index (κ1) is 13.6. The summed E-state index contributed by atoms with van der Waals surface area (Å²) in [5.41, 5.74) is 4.15. The minimum Gasteiger partial charge on any atom is -0.457 e. The molecule has 0 aliphatic heterocycles. The number of rotatable bonds is 3. The molecule has 0 aliphatic rings. The molecule has 0 fully saturated rings. The summed E-state index contributed by atoms with van der Waals surface area (Å²) in [6.07, 6.45) is 1.35. The van der Waals surface area contributed by atoms with Gasteiger partial charge in [0.25, 0.3) is 5.91 Å². The van der Waals surface area contributed by atoms with Gasteiger partial charge < -0.3 is 19.3 Å². The molecule has 0 saturated carbocycles. The monoisotopic (exact) mass is 299 g/mol. The summed E-state index contributed by atoms with van der Waals surface area (Å²) in [6, 6.07) is 8.73. The standard InChI is InChI=1S/C15H9NO6/c16-13(17)10-6-8-3-4-9(7-12(8)22-14(10)18)21-15(19)11-2-1-5-20-11/h1-7H,(H2,16,17). The molecule has 110 valence electrons. The van der Waals surface area contributed by atoms with Crippen LogP contribution >= 0.6 is 0 Å². The Hall–Kier alpha value is -3.35. The zero-order valence-corrected chi connectivity index (χ0v) is 11.1. The molecule has 0 aliphatic carbocycles.